The highest BCUT2D eigenvalue weighted by Gasteiger charge is 2.21. The molecular formula is C24H26N2O6S. The summed E-state index contributed by atoms with van der Waals surface area (Å²) in [6.07, 6.45) is 0. The van der Waals surface area contributed by atoms with Gasteiger partial charge in [0.25, 0.3) is 15.9 Å². The molecule has 0 bridgehead atoms. The monoisotopic (exact) mass is 470 g/mol. The lowest BCUT2D eigenvalue weighted by molar-refractivity contribution is -0.118. The Bertz CT molecular complexity index is 1240. The molecule has 0 aromatic heterocycles. The van der Waals surface area contributed by atoms with Crippen molar-refractivity contribution in [2.75, 3.05) is 30.9 Å². The fourth-order valence-electron chi connectivity index (χ4n) is 2.98. The van der Waals surface area contributed by atoms with E-state index in [1.165, 1.54) is 26.4 Å². The van der Waals surface area contributed by atoms with E-state index in [0.717, 1.165) is 11.1 Å². The number of carbonyl (C=O) groups is 1. The van der Waals surface area contributed by atoms with Gasteiger partial charge in [0.15, 0.2) is 6.61 Å². The van der Waals surface area contributed by atoms with Gasteiger partial charge in [-0.1, -0.05) is 6.07 Å². The Kier molecular flexibility index (Phi) is 7.44. The van der Waals surface area contributed by atoms with Gasteiger partial charge < -0.3 is 19.5 Å². The maximum Gasteiger partial charge on any atom is 0.265 e. The Balaban J connectivity index is 1.73. The molecule has 0 spiro atoms. The van der Waals surface area contributed by atoms with E-state index < -0.39 is 15.9 Å². The molecular weight excluding hydrogens is 444 g/mol. The number of ether oxygens (including phenoxy) is 3. The van der Waals surface area contributed by atoms with Crippen molar-refractivity contribution < 1.29 is 27.4 Å². The van der Waals surface area contributed by atoms with Crippen molar-refractivity contribution in [1.82, 2.24) is 0 Å². The zero-order valence-electron chi connectivity index (χ0n) is 18.8. The quantitative estimate of drug-likeness (QED) is 0.487. The summed E-state index contributed by atoms with van der Waals surface area (Å²) in [6, 6.07) is 16.4. The van der Waals surface area contributed by atoms with Crippen LogP contribution in [0.4, 0.5) is 11.4 Å². The number of rotatable bonds is 9. The third-order valence-corrected chi connectivity index (χ3v) is 6.33. The van der Waals surface area contributed by atoms with Crippen molar-refractivity contribution in [3.05, 3.63) is 71.8 Å². The lowest BCUT2D eigenvalue weighted by atomic mass is 10.1. The molecule has 1 amide bonds. The zero-order valence-corrected chi connectivity index (χ0v) is 19.7. The van der Waals surface area contributed by atoms with E-state index in [-0.39, 0.29) is 17.3 Å². The molecule has 2 N–H and O–H groups in total. The van der Waals surface area contributed by atoms with Crippen LogP contribution in [0.5, 0.6) is 17.2 Å². The summed E-state index contributed by atoms with van der Waals surface area (Å²) in [4.78, 5) is 12.2. The van der Waals surface area contributed by atoms with E-state index in [4.69, 9.17) is 14.2 Å². The van der Waals surface area contributed by atoms with Gasteiger partial charge in [0, 0.05) is 11.4 Å². The van der Waals surface area contributed by atoms with Gasteiger partial charge in [0.05, 0.1) is 14.2 Å². The smallest absolute Gasteiger partial charge is 0.265 e. The van der Waals surface area contributed by atoms with Crippen LogP contribution in [-0.4, -0.2) is 35.2 Å². The Morgan fingerprint density at radius 2 is 1.48 bits per heavy atom. The number of amides is 1. The van der Waals surface area contributed by atoms with Gasteiger partial charge in [-0.2, -0.15) is 0 Å². The van der Waals surface area contributed by atoms with E-state index in [9.17, 15) is 13.2 Å². The molecule has 8 nitrogen and oxygen atoms in total. The van der Waals surface area contributed by atoms with E-state index in [2.05, 4.69) is 10.0 Å². The Hall–Kier alpha value is -3.72. The summed E-state index contributed by atoms with van der Waals surface area (Å²) in [7, 11) is -1.10. The molecule has 0 aliphatic carbocycles. The van der Waals surface area contributed by atoms with Gasteiger partial charge in [-0.15, -0.1) is 0 Å². The van der Waals surface area contributed by atoms with Crippen LogP contribution >= 0.6 is 0 Å². The van der Waals surface area contributed by atoms with Crippen molar-refractivity contribution in [2.24, 2.45) is 0 Å². The predicted molar refractivity (Wildman–Crippen MR) is 127 cm³/mol. The van der Waals surface area contributed by atoms with Crippen LogP contribution in [0.25, 0.3) is 0 Å². The van der Waals surface area contributed by atoms with Gasteiger partial charge in [-0.3, -0.25) is 9.52 Å². The first-order valence-corrected chi connectivity index (χ1v) is 11.5. The summed E-state index contributed by atoms with van der Waals surface area (Å²) in [6.45, 7) is 3.73. The molecule has 3 aromatic rings. The highest BCUT2D eigenvalue weighted by atomic mass is 32.2. The summed E-state index contributed by atoms with van der Waals surface area (Å²) in [5, 5.41) is 2.65. The van der Waals surface area contributed by atoms with E-state index in [1.807, 2.05) is 26.0 Å². The number of sulfonamides is 1. The lowest BCUT2D eigenvalue weighted by Crippen LogP contribution is -2.21. The summed E-state index contributed by atoms with van der Waals surface area (Å²) in [5.41, 5.74) is 2.83. The Labute approximate surface area is 193 Å². The summed E-state index contributed by atoms with van der Waals surface area (Å²) < 4.78 is 44.3. The zero-order chi connectivity index (χ0) is 24.0. The van der Waals surface area contributed by atoms with Crippen LogP contribution in [0.1, 0.15) is 11.1 Å². The molecule has 0 radical (unpaired) electrons. The largest absolute Gasteiger partial charge is 0.497 e. The standard InChI is InChI=1S/C24H26N2O6S/c1-16-5-9-21(13-17(16)2)32-15-24(27)25-19-8-12-22(31-4)23(14-19)33(28,29)26-18-6-10-20(30-3)11-7-18/h5-14,26H,15H2,1-4H3,(H,25,27). The van der Waals surface area contributed by atoms with Gasteiger partial charge in [0.2, 0.25) is 0 Å². The molecule has 0 heterocycles. The average molecular weight is 471 g/mol. The average Bonchev–Trinajstić information content (AvgIpc) is 2.80. The normalized spacial score (nSPS) is 10.9. The number of aryl methyl sites for hydroxylation is 2. The van der Waals surface area contributed by atoms with Crippen LogP contribution in [0.15, 0.2) is 65.6 Å². The molecule has 33 heavy (non-hydrogen) atoms. The number of hydrogen-bond acceptors (Lipinski definition) is 6. The fraction of sp³-hybridized carbons (Fsp3) is 0.208. The molecule has 9 heteroatoms. The fourth-order valence-corrected chi connectivity index (χ4v) is 4.24. The second-order valence-corrected chi connectivity index (χ2v) is 8.93. The molecule has 0 saturated carbocycles. The molecule has 0 aliphatic heterocycles. The minimum atomic E-state index is -4.00. The van der Waals surface area contributed by atoms with E-state index in [0.29, 0.717) is 22.9 Å². The molecule has 0 atom stereocenters. The first kappa shape index (κ1) is 23.9. The number of nitrogens with one attached hydrogen (secondary N) is 2. The number of benzene rings is 3. The first-order valence-electron chi connectivity index (χ1n) is 10.1. The Morgan fingerprint density at radius 3 is 2.12 bits per heavy atom. The molecule has 174 valence electrons. The summed E-state index contributed by atoms with van der Waals surface area (Å²) in [5.74, 6) is 0.892. The number of carbonyl (C=O) groups excluding carboxylic acids is 1. The Morgan fingerprint density at radius 1 is 0.818 bits per heavy atom. The van der Waals surface area contributed by atoms with Gasteiger partial charge in [-0.25, -0.2) is 8.42 Å². The third-order valence-electron chi connectivity index (χ3n) is 4.93. The third kappa shape index (κ3) is 6.17. The molecule has 0 aliphatic rings. The lowest BCUT2D eigenvalue weighted by Gasteiger charge is -2.14. The maximum absolute atomic E-state index is 13.0. The van der Waals surface area contributed by atoms with Crippen LogP contribution in [0, 0.1) is 13.8 Å². The number of hydrogen-bond donors (Lipinski definition) is 2. The van der Waals surface area contributed by atoms with Gasteiger partial charge in [0.1, 0.15) is 22.1 Å². The summed E-state index contributed by atoms with van der Waals surface area (Å²) >= 11 is 0. The van der Waals surface area contributed by atoms with Crippen LogP contribution in [0.3, 0.4) is 0 Å². The highest BCUT2D eigenvalue weighted by Crippen LogP contribution is 2.29. The van der Waals surface area contributed by atoms with Crippen LogP contribution in [0.2, 0.25) is 0 Å². The van der Waals surface area contributed by atoms with Crippen molar-refractivity contribution in [1.29, 1.82) is 0 Å². The van der Waals surface area contributed by atoms with Crippen molar-refractivity contribution in [3.8, 4) is 17.2 Å². The van der Waals surface area contributed by atoms with Gasteiger partial charge in [-0.05, 0) is 79.6 Å². The van der Waals surface area contributed by atoms with E-state index >= 15 is 0 Å². The van der Waals surface area contributed by atoms with Crippen molar-refractivity contribution >= 4 is 27.3 Å². The van der Waals surface area contributed by atoms with Gasteiger partial charge >= 0.3 is 0 Å². The molecule has 0 unspecified atom stereocenters. The van der Waals surface area contributed by atoms with Crippen molar-refractivity contribution in [3.63, 3.8) is 0 Å². The van der Waals surface area contributed by atoms with E-state index in [1.54, 1.807) is 36.4 Å². The van der Waals surface area contributed by atoms with Crippen molar-refractivity contribution in [2.45, 2.75) is 18.7 Å². The number of methoxy groups -OCH3 is 2. The predicted octanol–water partition coefficient (Wildman–Crippen LogP) is 4.14. The molecule has 3 aromatic carbocycles. The second kappa shape index (κ2) is 10.3. The minimum absolute atomic E-state index is 0.117. The van der Waals surface area contributed by atoms with Crippen LogP contribution in [-0.2, 0) is 14.8 Å². The highest BCUT2D eigenvalue weighted by molar-refractivity contribution is 7.92. The molecule has 3 rings (SSSR count). The SMILES string of the molecule is COc1ccc(NS(=O)(=O)c2cc(NC(=O)COc3ccc(C)c(C)c3)ccc2OC)cc1. The van der Waals surface area contributed by atoms with Crippen LogP contribution < -0.4 is 24.2 Å². The first-order chi connectivity index (χ1) is 15.7. The maximum atomic E-state index is 13.0. The molecule has 0 fully saturated rings. The second-order valence-electron chi connectivity index (χ2n) is 7.28. The minimum Gasteiger partial charge on any atom is -0.497 e. The number of anilines is 2. The topological polar surface area (TPSA) is 103 Å². The molecule has 0 saturated heterocycles.